The van der Waals surface area contributed by atoms with Crippen molar-refractivity contribution in [2.75, 3.05) is 4.90 Å². The molecule has 4 heteroatoms. The van der Waals surface area contributed by atoms with E-state index in [-0.39, 0.29) is 0 Å². The van der Waals surface area contributed by atoms with E-state index in [1.807, 2.05) is 34.9 Å². The molecule has 15 rings (SSSR count). The molecule has 11 aromatic rings. The van der Waals surface area contributed by atoms with Crippen molar-refractivity contribution in [3.05, 3.63) is 269 Å². The Morgan fingerprint density at radius 2 is 0.636 bits per heavy atom. The van der Waals surface area contributed by atoms with Gasteiger partial charge in [-0.15, -0.1) is 11.3 Å². The second-order valence-electron chi connectivity index (χ2n) is 17.9. The van der Waals surface area contributed by atoms with Crippen LogP contribution in [0.5, 0.6) is 0 Å². The topological polar surface area (TPSA) is 3.24 Å². The minimum Gasteiger partial charge on any atom is -0.310 e. The molecule has 0 saturated carbocycles. The van der Waals surface area contributed by atoms with E-state index in [0.29, 0.717) is 0 Å². The highest BCUT2D eigenvalue weighted by atomic mass is 32.2. The number of rotatable bonds is 3. The SMILES string of the molecule is c1ccc2c(c1)Sc1ccccc1C21c2ccccc2-c2ccc(N(c3ccc4c(c3)C3(c5ccccc5Sc5ccccc53)c3ccccc3-4)c3ccc4sc5ccccc5c4c3)cc21. The number of fused-ring (bicyclic) bond motifs is 21. The summed E-state index contributed by atoms with van der Waals surface area (Å²) in [4.78, 5) is 7.79. The van der Waals surface area contributed by atoms with Crippen LogP contribution in [0.15, 0.2) is 244 Å². The predicted molar refractivity (Wildman–Crippen MR) is 277 cm³/mol. The molecule has 2 aliphatic carbocycles. The van der Waals surface area contributed by atoms with Crippen LogP contribution in [0.2, 0.25) is 0 Å². The first-order valence-corrected chi connectivity index (χ1v) is 25.1. The number of thiophene rings is 1. The molecule has 3 heterocycles. The van der Waals surface area contributed by atoms with Crippen LogP contribution in [-0.4, -0.2) is 0 Å². The first kappa shape index (κ1) is 37.2. The first-order chi connectivity index (χ1) is 32.7. The van der Waals surface area contributed by atoms with E-state index in [0.717, 1.165) is 17.1 Å². The summed E-state index contributed by atoms with van der Waals surface area (Å²) in [6.07, 6.45) is 0. The molecule has 1 aromatic heterocycles. The summed E-state index contributed by atoms with van der Waals surface area (Å²) in [5.41, 5.74) is 18.4. The van der Waals surface area contributed by atoms with Crippen LogP contribution in [0.1, 0.15) is 44.5 Å². The third-order valence-electron chi connectivity index (χ3n) is 14.8. The Bertz CT molecular complexity index is 3590. The van der Waals surface area contributed by atoms with Gasteiger partial charge in [0.25, 0.3) is 0 Å². The van der Waals surface area contributed by atoms with Gasteiger partial charge in [-0.1, -0.05) is 175 Å². The van der Waals surface area contributed by atoms with E-state index < -0.39 is 10.8 Å². The van der Waals surface area contributed by atoms with Crippen LogP contribution in [0, 0.1) is 0 Å². The number of nitrogens with zero attached hydrogens (tertiary/aromatic N) is 1. The molecule has 0 amide bonds. The molecule has 0 N–H and O–H groups in total. The summed E-state index contributed by atoms with van der Waals surface area (Å²) in [5.74, 6) is 0. The molecule has 0 atom stereocenters. The Labute approximate surface area is 396 Å². The highest BCUT2D eigenvalue weighted by Gasteiger charge is 2.52. The van der Waals surface area contributed by atoms with E-state index in [1.165, 1.54) is 107 Å². The highest BCUT2D eigenvalue weighted by Crippen LogP contribution is 2.65. The molecular formula is C62H37NS3. The van der Waals surface area contributed by atoms with Gasteiger partial charge in [0.05, 0.1) is 10.8 Å². The Morgan fingerprint density at radius 3 is 1.14 bits per heavy atom. The Hall–Kier alpha value is -7.08. The molecule has 0 bridgehead atoms. The molecule has 2 spiro atoms. The van der Waals surface area contributed by atoms with E-state index in [2.05, 4.69) is 229 Å². The smallest absolute Gasteiger partial charge is 0.0736 e. The lowest BCUT2D eigenvalue weighted by Crippen LogP contribution is -2.32. The maximum atomic E-state index is 2.55. The summed E-state index contributed by atoms with van der Waals surface area (Å²) >= 11 is 5.66. The minimum atomic E-state index is -0.490. The molecule has 1 nitrogen and oxygen atoms in total. The molecule has 66 heavy (non-hydrogen) atoms. The van der Waals surface area contributed by atoms with E-state index >= 15 is 0 Å². The van der Waals surface area contributed by atoms with Gasteiger partial charge in [-0.3, -0.25) is 0 Å². The average molecular weight is 892 g/mol. The van der Waals surface area contributed by atoms with Crippen LogP contribution in [-0.2, 0) is 10.8 Å². The van der Waals surface area contributed by atoms with Crippen molar-refractivity contribution >= 4 is 72.1 Å². The second kappa shape index (κ2) is 13.7. The zero-order valence-electron chi connectivity index (χ0n) is 35.5. The van der Waals surface area contributed by atoms with Crippen molar-refractivity contribution in [1.82, 2.24) is 0 Å². The van der Waals surface area contributed by atoms with Crippen LogP contribution in [0.3, 0.4) is 0 Å². The fraction of sp³-hybridized carbons (Fsp3) is 0.0323. The molecule has 0 fully saturated rings. The summed E-state index contributed by atoms with van der Waals surface area (Å²) in [5, 5.41) is 2.58. The van der Waals surface area contributed by atoms with Crippen molar-refractivity contribution in [3.8, 4) is 22.3 Å². The van der Waals surface area contributed by atoms with Crippen LogP contribution in [0.25, 0.3) is 42.4 Å². The molecule has 0 saturated heterocycles. The van der Waals surface area contributed by atoms with Crippen molar-refractivity contribution < 1.29 is 0 Å². The molecule has 4 aliphatic rings. The largest absolute Gasteiger partial charge is 0.310 e. The summed E-state index contributed by atoms with van der Waals surface area (Å²) in [7, 11) is 0. The second-order valence-corrected chi connectivity index (χ2v) is 21.1. The lowest BCUT2D eigenvalue weighted by Gasteiger charge is -2.40. The zero-order valence-corrected chi connectivity index (χ0v) is 38.0. The van der Waals surface area contributed by atoms with Crippen LogP contribution in [0.4, 0.5) is 17.1 Å². The Balaban J connectivity index is 1.03. The third-order valence-corrected chi connectivity index (χ3v) is 18.3. The Kier molecular flexibility index (Phi) is 7.73. The predicted octanol–water partition coefficient (Wildman–Crippen LogP) is 17.2. The molecule has 2 aliphatic heterocycles. The van der Waals surface area contributed by atoms with Crippen LogP contribution >= 0.6 is 34.9 Å². The first-order valence-electron chi connectivity index (χ1n) is 22.7. The molecule has 10 aromatic carbocycles. The monoisotopic (exact) mass is 891 g/mol. The lowest BCUT2D eigenvalue weighted by molar-refractivity contribution is 0.721. The van der Waals surface area contributed by atoms with E-state index in [9.17, 15) is 0 Å². The molecule has 0 unspecified atom stereocenters. The van der Waals surface area contributed by atoms with Crippen molar-refractivity contribution in [3.63, 3.8) is 0 Å². The number of anilines is 3. The summed E-state index contributed by atoms with van der Waals surface area (Å²) in [6.45, 7) is 0. The maximum absolute atomic E-state index is 2.55. The fourth-order valence-electron chi connectivity index (χ4n) is 12.3. The summed E-state index contributed by atoms with van der Waals surface area (Å²) in [6, 6.07) is 85.3. The third kappa shape index (κ3) is 4.78. The number of benzene rings is 10. The molecular weight excluding hydrogens is 855 g/mol. The molecule has 0 radical (unpaired) electrons. The van der Waals surface area contributed by atoms with Gasteiger partial charge in [-0.25, -0.2) is 0 Å². The number of hydrogen-bond donors (Lipinski definition) is 0. The number of hydrogen-bond acceptors (Lipinski definition) is 4. The quantitative estimate of drug-likeness (QED) is 0.174. The zero-order chi connectivity index (χ0) is 43.1. The van der Waals surface area contributed by atoms with Crippen molar-refractivity contribution in [1.29, 1.82) is 0 Å². The normalized spacial score (nSPS) is 14.8. The van der Waals surface area contributed by atoms with E-state index in [4.69, 9.17) is 0 Å². The van der Waals surface area contributed by atoms with Gasteiger partial charge in [0, 0.05) is 56.8 Å². The van der Waals surface area contributed by atoms with Gasteiger partial charge in [-0.2, -0.15) is 0 Å². The van der Waals surface area contributed by atoms with Gasteiger partial charge in [-0.05, 0) is 140 Å². The Morgan fingerprint density at radius 1 is 0.273 bits per heavy atom. The standard InChI is InChI=1S/C62H37NS3/c1-4-18-47-41(15-1)43-32-29-39(36-53(43)61(47)49-20-6-11-25-57(49)65-58-26-12-7-21-50(58)61)63(38-31-34-56-46(35-38)45-17-3-10-24-55(45)64-56)40-30-33-44-42-16-2-5-19-48(42)62(54(44)37-40)51-22-8-13-27-59(51)66-60-28-14-9-23-52(60)62/h1-37H. The minimum absolute atomic E-state index is 0.490. The van der Waals surface area contributed by atoms with Gasteiger partial charge in [0.15, 0.2) is 0 Å². The maximum Gasteiger partial charge on any atom is 0.0736 e. The van der Waals surface area contributed by atoms with Gasteiger partial charge >= 0.3 is 0 Å². The fourth-order valence-corrected chi connectivity index (χ4v) is 15.7. The molecule has 308 valence electrons. The van der Waals surface area contributed by atoms with Gasteiger partial charge in [0.1, 0.15) is 0 Å². The van der Waals surface area contributed by atoms with Gasteiger partial charge < -0.3 is 4.90 Å². The van der Waals surface area contributed by atoms with Crippen molar-refractivity contribution in [2.24, 2.45) is 0 Å². The van der Waals surface area contributed by atoms with Crippen molar-refractivity contribution in [2.45, 2.75) is 30.4 Å². The van der Waals surface area contributed by atoms with Crippen LogP contribution < -0.4 is 4.90 Å². The average Bonchev–Trinajstić information content (AvgIpc) is 3.99. The summed E-state index contributed by atoms with van der Waals surface area (Å²) < 4.78 is 2.61. The van der Waals surface area contributed by atoms with E-state index in [1.54, 1.807) is 0 Å². The lowest BCUT2D eigenvalue weighted by atomic mass is 9.67. The van der Waals surface area contributed by atoms with Gasteiger partial charge in [0.2, 0.25) is 0 Å². The highest BCUT2D eigenvalue weighted by molar-refractivity contribution is 7.99.